The van der Waals surface area contributed by atoms with Gasteiger partial charge in [-0.15, -0.1) is 0 Å². The molecule has 0 aromatic carbocycles. The highest BCUT2D eigenvalue weighted by Gasteiger charge is 2.24. The molecule has 1 atom stereocenters. The van der Waals surface area contributed by atoms with Gasteiger partial charge in [-0.3, -0.25) is 4.68 Å². The molecule has 3 nitrogen and oxygen atoms in total. The van der Waals surface area contributed by atoms with Crippen LogP contribution in [0.5, 0.6) is 0 Å². The lowest BCUT2D eigenvalue weighted by Crippen LogP contribution is -2.28. The van der Waals surface area contributed by atoms with Gasteiger partial charge in [-0.2, -0.15) is 5.10 Å². The van der Waals surface area contributed by atoms with Gasteiger partial charge in [-0.25, -0.2) is 0 Å². The molecule has 0 unspecified atom stereocenters. The fraction of sp³-hybridized carbons (Fsp3) is 0.786. The highest BCUT2D eigenvalue weighted by atomic mass is 16.3. The summed E-state index contributed by atoms with van der Waals surface area (Å²) in [4.78, 5) is 0. The van der Waals surface area contributed by atoms with Crippen molar-refractivity contribution in [2.75, 3.05) is 0 Å². The Morgan fingerprint density at radius 1 is 1.29 bits per heavy atom. The van der Waals surface area contributed by atoms with Gasteiger partial charge in [0.1, 0.15) is 0 Å². The molecule has 3 heteroatoms. The molecule has 17 heavy (non-hydrogen) atoms. The molecular weight excluding hydrogens is 212 g/mol. The van der Waals surface area contributed by atoms with Crippen molar-refractivity contribution in [1.82, 2.24) is 9.78 Å². The third-order valence-electron chi connectivity index (χ3n) is 3.24. The van der Waals surface area contributed by atoms with Gasteiger partial charge in [0.25, 0.3) is 0 Å². The van der Waals surface area contributed by atoms with Crippen molar-refractivity contribution in [3.8, 4) is 0 Å². The zero-order chi connectivity index (χ0) is 13.3. The van der Waals surface area contributed by atoms with Crippen LogP contribution in [-0.2, 0) is 11.0 Å². The van der Waals surface area contributed by atoms with Crippen LogP contribution in [0.4, 0.5) is 0 Å². The lowest BCUT2D eigenvalue weighted by molar-refractivity contribution is 0.156. The van der Waals surface area contributed by atoms with Crippen LogP contribution in [0.15, 0.2) is 12.4 Å². The molecule has 0 radical (unpaired) electrons. The van der Waals surface area contributed by atoms with Gasteiger partial charge >= 0.3 is 0 Å². The van der Waals surface area contributed by atoms with Crippen LogP contribution in [0, 0.1) is 0 Å². The Morgan fingerprint density at radius 3 is 2.29 bits per heavy atom. The predicted octanol–water partition coefficient (Wildman–Crippen LogP) is 3.08. The molecule has 1 N–H and O–H groups in total. The van der Waals surface area contributed by atoms with Crippen LogP contribution in [-0.4, -0.2) is 21.0 Å². The van der Waals surface area contributed by atoms with Gasteiger partial charge in [0, 0.05) is 6.20 Å². The van der Waals surface area contributed by atoms with Crippen molar-refractivity contribution in [3.05, 3.63) is 18.0 Å². The number of aromatic nitrogens is 2. The standard InChI is InChI=1S/C14H26N2O/c1-11(17)7-8-14(5,6)16-10-12(9-15-16)13(2,3)4/h9-11,17H,7-8H2,1-6H3/t11-/m1/s1. The predicted molar refractivity (Wildman–Crippen MR) is 71.2 cm³/mol. The molecular formula is C14H26N2O. The summed E-state index contributed by atoms with van der Waals surface area (Å²) < 4.78 is 2.02. The monoisotopic (exact) mass is 238 g/mol. The van der Waals surface area contributed by atoms with Crippen molar-refractivity contribution in [1.29, 1.82) is 0 Å². The van der Waals surface area contributed by atoms with E-state index in [1.165, 1.54) is 5.56 Å². The van der Waals surface area contributed by atoms with E-state index in [1.807, 2.05) is 17.8 Å². The molecule has 0 aliphatic carbocycles. The normalized spacial score (nSPS) is 15.0. The van der Waals surface area contributed by atoms with E-state index < -0.39 is 0 Å². The molecule has 0 aliphatic heterocycles. The van der Waals surface area contributed by atoms with Gasteiger partial charge in [-0.1, -0.05) is 20.8 Å². The molecule has 0 spiro atoms. The van der Waals surface area contributed by atoms with Gasteiger partial charge in [0.05, 0.1) is 17.8 Å². The van der Waals surface area contributed by atoms with Crippen LogP contribution in [0.2, 0.25) is 0 Å². The maximum absolute atomic E-state index is 9.37. The Kier molecular flexibility index (Phi) is 4.03. The van der Waals surface area contributed by atoms with E-state index in [0.717, 1.165) is 12.8 Å². The minimum atomic E-state index is -0.244. The summed E-state index contributed by atoms with van der Waals surface area (Å²) in [5, 5.41) is 13.8. The van der Waals surface area contributed by atoms with Crippen molar-refractivity contribution < 1.29 is 5.11 Å². The summed E-state index contributed by atoms with van der Waals surface area (Å²) in [6.07, 6.45) is 5.56. The third-order valence-corrected chi connectivity index (χ3v) is 3.24. The van der Waals surface area contributed by atoms with Crippen molar-refractivity contribution in [2.45, 2.75) is 71.4 Å². The first-order chi connectivity index (χ1) is 7.63. The Balaban J connectivity index is 2.81. The van der Waals surface area contributed by atoms with E-state index >= 15 is 0 Å². The van der Waals surface area contributed by atoms with E-state index in [2.05, 4.69) is 45.9 Å². The minimum absolute atomic E-state index is 0.0412. The Labute approximate surface area is 105 Å². The number of aliphatic hydroxyl groups excluding tert-OH is 1. The fourth-order valence-corrected chi connectivity index (χ4v) is 1.72. The van der Waals surface area contributed by atoms with Crippen molar-refractivity contribution in [3.63, 3.8) is 0 Å². The zero-order valence-corrected chi connectivity index (χ0v) is 12.0. The van der Waals surface area contributed by atoms with Gasteiger partial charge < -0.3 is 5.11 Å². The van der Waals surface area contributed by atoms with Crippen LogP contribution in [0.3, 0.4) is 0 Å². The Bertz CT molecular complexity index is 359. The molecule has 0 saturated heterocycles. The maximum Gasteiger partial charge on any atom is 0.0572 e. The van der Waals surface area contributed by atoms with Gasteiger partial charge in [0.2, 0.25) is 0 Å². The van der Waals surface area contributed by atoms with Crippen LogP contribution < -0.4 is 0 Å². The average Bonchev–Trinajstić information content (AvgIpc) is 2.63. The number of hydrogen-bond donors (Lipinski definition) is 1. The largest absolute Gasteiger partial charge is 0.393 e. The zero-order valence-electron chi connectivity index (χ0n) is 12.0. The summed E-state index contributed by atoms with van der Waals surface area (Å²) in [6, 6.07) is 0. The maximum atomic E-state index is 9.37. The molecule has 98 valence electrons. The number of aliphatic hydroxyl groups is 1. The molecule has 0 amide bonds. The van der Waals surface area contributed by atoms with Crippen LogP contribution >= 0.6 is 0 Å². The summed E-state index contributed by atoms with van der Waals surface area (Å²) in [6.45, 7) is 12.7. The summed E-state index contributed by atoms with van der Waals surface area (Å²) in [5.74, 6) is 0. The Morgan fingerprint density at radius 2 is 1.88 bits per heavy atom. The highest BCUT2D eigenvalue weighted by molar-refractivity contribution is 5.15. The lowest BCUT2D eigenvalue weighted by atomic mass is 9.89. The summed E-state index contributed by atoms with van der Waals surface area (Å²) >= 11 is 0. The second kappa shape index (κ2) is 4.81. The molecule has 0 fully saturated rings. The molecule has 0 bridgehead atoms. The second-order valence-electron chi connectivity index (χ2n) is 6.62. The van der Waals surface area contributed by atoms with E-state index in [0.29, 0.717) is 0 Å². The smallest absolute Gasteiger partial charge is 0.0572 e. The first-order valence-corrected chi connectivity index (χ1v) is 6.36. The van der Waals surface area contributed by atoms with Gasteiger partial charge in [0.15, 0.2) is 0 Å². The second-order valence-corrected chi connectivity index (χ2v) is 6.62. The van der Waals surface area contributed by atoms with E-state index in [4.69, 9.17) is 0 Å². The van der Waals surface area contributed by atoms with Crippen molar-refractivity contribution >= 4 is 0 Å². The van der Waals surface area contributed by atoms with Crippen LogP contribution in [0.25, 0.3) is 0 Å². The highest BCUT2D eigenvalue weighted by Crippen LogP contribution is 2.26. The number of hydrogen-bond acceptors (Lipinski definition) is 2. The lowest BCUT2D eigenvalue weighted by Gasteiger charge is -2.26. The first-order valence-electron chi connectivity index (χ1n) is 6.36. The molecule has 0 saturated carbocycles. The number of rotatable bonds is 4. The van der Waals surface area contributed by atoms with Crippen molar-refractivity contribution in [2.24, 2.45) is 0 Å². The molecule has 1 rings (SSSR count). The third kappa shape index (κ3) is 3.84. The molecule has 1 aromatic rings. The molecule has 1 aromatic heterocycles. The number of nitrogens with zero attached hydrogens (tertiary/aromatic N) is 2. The van der Waals surface area contributed by atoms with E-state index in [9.17, 15) is 5.11 Å². The topological polar surface area (TPSA) is 38.0 Å². The molecule has 1 heterocycles. The quantitative estimate of drug-likeness (QED) is 0.875. The fourth-order valence-electron chi connectivity index (χ4n) is 1.72. The van der Waals surface area contributed by atoms with Gasteiger partial charge in [-0.05, 0) is 44.6 Å². The van der Waals surface area contributed by atoms with E-state index in [1.54, 1.807) is 0 Å². The Hall–Kier alpha value is -0.830. The van der Waals surface area contributed by atoms with Crippen LogP contribution in [0.1, 0.15) is 59.9 Å². The summed E-state index contributed by atoms with van der Waals surface area (Å²) in [5.41, 5.74) is 1.35. The SMILES string of the molecule is C[C@@H](O)CCC(C)(C)n1cc(C(C)(C)C)cn1. The van der Waals surface area contributed by atoms with E-state index in [-0.39, 0.29) is 17.1 Å². The minimum Gasteiger partial charge on any atom is -0.393 e. The average molecular weight is 238 g/mol. The molecule has 0 aliphatic rings. The first kappa shape index (κ1) is 14.2. The summed E-state index contributed by atoms with van der Waals surface area (Å²) in [7, 11) is 0.